The highest BCUT2D eigenvalue weighted by Gasteiger charge is 2.30. The summed E-state index contributed by atoms with van der Waals surface area (Å²) in [6, 6.07) is 22.6. The van der Waals surface area contributed by atoms with Crippen LogP contribution in [0.3, 0.4) is 0 Å². The second kappa shape index (κ2) is 6.86. The third-order valence-corrected chi connectivity index (χ3v) is 5.51. The molecule has 0 aromatic heterocycles. The van der Waals surface area contributed by atoms with Crippen molar-refractivity contribution in [2.75, 3.05) is 26.2 Å². The predicted molar refractivity (Wildman–Crippen MR) is 95.8 cm³/mol. The van der Waals surface area contributed by atoms with E-state index >= 15 is 0 Å². The van der Waals surface area contributed by atoms with Crippen molar-refractivity contribution < 1.29 is 0 Å². The number of rotatable bonds is 4. The largest absolute Gasteiger partial charge is 0.312 e. The summed E-state index contributed by atoms with van der Waals surface area (Å²) in [6.07, 6.45) is 2.58. The van der Waals surface area contributed by atoms with Crippen molar-refractivity contribution in [2.45, 2.75) is 30.7 Å². The lowest BCUT2D eigenvalue weighted by Gasteiger charge is -2.21. The van der Waals surface area contributed by atoms with E-state index in [0.29, 0.717) is 12.0 Å². The maximum Gasteiger partial charge on any atom is 0.0201 e. The molecule has 0 unspecified atom stereocenters. The van der Waals surface area contributed by atoms with E-state index in [1.54, 1.807) is 0 Å². The lowest BCUT2D eigenvalue weighted by atomic mass is 9.96. The molecule has 0 amide bonds. The highest BCUT2D eigenvalue weighted by atomic mass is 15.2. The van der Waals surface area contributed by atoms with Gasteiger partial charge in [0, 0.05) is 25.7 Å². The Morgan fingerprint density at radius 2 is 1.52 bits per heavy atom. The monoisotopic (exact) mass is 306 g/mol. The van der Waals surface area contributed by atoms with Crippen LogP contribution >= 0.6 is 0 Å². The number of benzene rings is 2. The molecular formula is C21H26N2. The lowest BCUT2D eigenvalue weighted by molar-refractivity contribution is 0.299. The van der Waals surface area contributed by atoms with Crippen LogP contribution in [0.4, 0.5) is 0 Å². The van der Waals surface area contributed by atoms with Crippen LogP contribution in [0.2, 0.25) is 0 Å². The molecule has 4 rings (SSSR count). The van der Waals surface area contributed by atoms with Crippen LogP contribution in [0.5, 0.6) is 0 Å². The van der Waals surface area contributed by atoms with Crippen LogP contribution in [0.1, 0.15) is 35.8 Å². The molecule has 2 heteroatoms. The summed E-state index contributed by atoms with van der Waals surface area (Å²) in [4.78, 5) is 2.66. The fourth-order valence-corrected chi connectivity index (χ4v) is 4.24. The summed E-state index contributed by atoms with van der Waals surface area (Å²) in [5.74, 6) is 1.41. The molecule has 0 spiro atoms. The number of likely N-dealkylation sites (tertiary alicyclic amines) is 1. The molecule has 0 saturated carbocycles. The van der Waals surface area contributed by atoms with Crippen molar-refractivity contribution in [1.29, 1.82) is 0 Å². The van der Waals surface area contributed by atoms with E-state index in [4.69, 9.17) is 0 Å². The van der Waals surface area contributed by atoms with Gasteiger partial charge in [0.1, 0.15) is 0 Å². The minimum atomic E-state index is 0.648. The van der Waals surface area contributed by atoms with Gasteiger partial charge >= 0.3 is 0 Å². The van der Waals surface area contributed by atoms with E-state index < -0.39 is 0 Å². The molecule has 0 aliphatic carbocycles. The Bertz CT molecular complexity index is 555. The normalized spacial score (nSPS) is 28.3. The van der Waals surface area contributed by atoms with Crippen molar-refractivity contribution in [3.63, 3.8) is 0 Å². The molecule has 120 valence electrons. The van der Waals surface area contributed by atoms with Gasteiger partial charge in [0.2, 0.25) is 0 Å². The van der Waals surface area contributed by atoms with E-state index in [-0.39, 0.29) is 0 Å². The van der Waals surface area contributed by atoms with Crippen molar-refractivity contribution >= 4 is 0 Å². The molecule has 2 nitrogen and oxygen atoms in total. The first-order valence-electron chi connectivity index (χ1n) is 8.94. The lowest BCUT2D eigenvalue weighted by Crippen LogP contribution is -2.36. The van der Waals surface area contributed by atoms with Gasteiger partial charge in [0.05, 0.1) is 0 Å². The Morgan fingerprint density at radius 1 is 0.870 bits per heavy atom. The van der Waals surface area contributed by atoms with Gasteiger partial charge in [-0.15, -0.1) is 0 Å². The zero-order valence-corrected chi connectivity index (χ0v) is 13.7. The average Bonchev–Trinajstić information content (AvgIpc) is 3.27. The van der Waals surface area contributed by atoms with Gasteiger partial charge in [-0.1, -0.05) is 60.7 Å². The van der Waals surface area contributed by atoms with E-state index in [0.717, 1.165) is 12.5 Å². The topological polar surface area (TPSA) is 15.3 Å². The van der Waals surface area contributed by atoms with Gasteiger partial charge in [0.25, 0.3) is 0 Å². The van der Waals surface area contributed by atoms with Crippen LogP contribution in [0, 0.1) is 0 Å². The first-order chi connectivity index (χ1) is 11.4. The van der Waals surface area contributed by atoms with Gasteiger partial charge in [-0.2, -0.15) is 0 Å². The van der Waals surface area contributed by atoms with Gasteiger partial charge < -0.3 is 10.2 Å². The summed E-state index contributed by atoms with van der Waals surface area (Å²) < 4.78 is 0. The third-order valence-electron chi connectivity index (χ3n) is 5.51. The first-order valence-corrected chi connectivity index (χ1v) is 8.94. The molecule has 2 fully saturated rings. The van der Waals surface area contributed by atoms with Gasteiger partial charge in [-0.3, -0.25) is 0 Å². The number of nitrogens with zero attached hydrogens (tertiary/aromatic N) is 1. The van der Waals surface area contributed by atoms with Crippen molar-refractivity contribution in [2.24, 2.45) is 0 Å². The number of nitrogens with one attached hydrogen (secondary N) is 1. The molecule has 2 aromatic rings. The molecular weight excluding hydrogens is 280 g/mol. The van der Waals surface area contributed by atoms with Gasteiger partial charge in [-0.05, 0) is 42.3 Å². The molecule has 2 aliphatic heterocycles. The average molecular weight is 306 g/mol. The number of hydrogen-bond acceptors (Lipinski definition) is 2. The van der Waals surface area contributed by atoms with Crippen LogP contribution in [-0.2, 0) is 0 Å². The summed E-state index contributed by atoms with van der Waals surface area (Å²) >= 11 is 0. The highest BCUT2D eigenvalue weighted by Crippen LogP contribution is 2.29. The molecule has 2 aromatic carbocycles. The zero-order chi connectivity index (χ0) is 15.5. The fraction of sp³-hybridized carbons (Fsp3) is 0.429. The molecule has 3 atom stereocenters. The Balaban J connectivity index is 1.30. The van der Waals surface area contributed by atoms with E-state index in [2.05, 4.69) is 70.9 Å². The molecule has 1 N–H and O–H groups in total. The number of hydrogen-bond donors (Lipinski definition) is 1. The fourth-order valence-electron chi connectivity index (χ4n) is 4.24. The predicted octanol–water partition coefficient (Wildman–Crippen LogP) is 3.62. The maximum atomic E-state index is 3.74. The Hall–Kier alpha value is -1.64. The van der Waals surface area contributed by atoms with Crippen molar-refractivity contribution in [3.8, 4) is 0 Å². The summed E-state index contributed by atoms with van der Waals surface area (Å²) in [5, 5.41) is 3.74. The van der Waals surface area contributed by atoms with Crippen LogP contribution in [-0.4, -0.2) is 37.1 Å². The second-order valence-electron chi connectivity index (χ2n) is 7.10. The summed E-state index contributed by atoms with van der Waals surface area (Å²) in [6.45, 7) is 4.79. The second-order valence-corrected chi connectivity index (χ2v) is 7.10. The minimum absolute atomic E-state index is 0.648. The quantitative estimate of drug-likeness (QED) is 0.928. The van der Waals surface area contributed by atoms with E-state index in [1.807, 2.05) is 0 Å². The molecule has 23 heavy (non-hydrogen) atoms. The van der Waals surface area contributed by atoms with Crippen molar-refractivity contribution in [1.82, 2.24) is 10.2 Å². The van der Waals surface area contributed by atoms with Gasteiger partial charge in [0.15, 0.2) is 0 Å². The van der Waals surface area contributed by atoms with Crippen LogP contribution in [0.25, 0.3) is 0 Å². The molecule has 0 bridgehead atoms. The Labute approximate surface area is 139 Å². The standard InChI is InChI=1S/C21H26N2/c1-3-7-17(8-4-1)19-11-12-23(15-19)16-21-13-20(14-22-21)18-9-5-2-6-10-18/h1-10,19-22H,11-16H2/t19-,20-,21-/m0/s1. The summed E-state index contributed by atoms with van der Waals surface area (Å²) in [7, 11) is 0. The van der Waals surface area contributed by atoms with Crippen LogP contribution in [0.15, 0.2) is 60.7 Å². The maximum absolute atomic E-state index is 3.74. The van der Waals surface area contributed by atoms with E-state index in [9.17, 15) is 0 Å². The molecule has 2 aliphatic rings. The third kappa shape index (κ3) is 3.49. The Kier molecular flexibility index (Phi) is 4.45. The first kappa shape index (κ1) is 14.9. The summed E-state index contributed by atoms with van der Waals surface area (Å²) in [5.41, 5.74) is 3.00. The molecule has 2 heterocycles. The van der Waals surface area contributed by atoms with Crippen molar-refractivity contribution in [3.05, 3.63) is 71.8 Å². The van der Waals surface area contributed by atoms with Crippen LogP contribution < -0.4 is 5.32 Å². The van der Waals surface area contributed by atoms with E-state index in [1.165, 1.54) is 43.6 Å². The molecule has 0 radical (unpaired) electrons. The van der Waals surface area contributed by atoms with Gasteiger partial charge in [-0.25, -0.2) is 0 Å². The molecule has 2 saturated heterocycles. The Morgan fingerprint density at radius 3 is 2.22 bits per heavy atom. The SMILES string of the molecule is c1ccc([C@@H]2CN[C@H](CN3CC[C@H](c4ccccc4)C3)C2)cc1. The minimum Gasteiger partial charge on any atom is -0.312 e. The smallest absolute Gasteiger partial charge is 0.0201 e. The zero-order valence-electron chi connectivity index (χ0n) is 13.7. The highest BCUT2D eigenvalue weighted by molar-refractivity contribution is 5.22.